The predicted molar refractivity (Wildman–Crippen MR) is 79.8 cm³/mol. The Balaban J connectivity index is 1.89. The molecule has 106 valence electrons. The second-order valence-corrected chi connectivity index (χ2v) is 4.97. The maximum Gasteiger partial charge on any atom is 0.265 e. The number of rotatable bonds is 3. The largest absolute Gasteiger partial charge is 0.482 e. The van der Waals surface area contributed by atoms with Gasteiger partial charge < -0.3 is 4.74 Å². The van der Waals surface area contributed by atoms with Gasteiger partial charge in [0.15, 0.2) is 12.4 Å². The van der Waals surface area contributed by atoms with E-state index in [4.69, 9.17) is 4.74 Å². The van der Waals surface area contributed by atoms with Crippen molar-refractivity contribution in [2.45, 2.75) is 6.92 Å². The van der Waals surface area contributed by atoms with Crippen molar-refractivity contribution < 1.29 is 14.3 Å². The molecule has 0 aliphatic carbocycles. The lowest BCUT2D eigenvalue weighted by Gasteiger charge is -2.28. The standard InChI is InChI=1S/C17H15NO3/c1-12-6-2-3-7-13(12)15(19)10-18-14-8-4-5-9-16(14)21-11-17(18)20/h2-9H,10-11H2,1H3. The molecule has 2 aromatic carbocycles. The number of hydrogen-bond acceptors (Lipinski definition) is 3. The van der Waals surface area contributed by atoms with Gasteiger partial charge in [0.05, 0.1) is 12.2 Å². The predicted octanol–water partition coefficient (Wildman–Crippen LogP) is 2.60. The first-order valence-electron chi connectivity index (χ1n) is 6.78. The highest BCUT2D eigenvalue weighted by atomic mass is 16.5. The fourth-order valence-electron chi connectivity index (χ4n) is 2.44. The Bertz CT molecular complexity index is 709. The van der Waals surface area contributed by atoms with E-state index in [9.17, 15) is 9.59 Å². The lowest BCUT2D eigenvalue weighted by Crippen LogP contribution is -2.42. The highest BCUT2D eigenvalue weighted by Gasteiger charge is 2.27. The van der Waals surface area contributed by atoms with Gasteiger partial charge in [0.2, 0.25) is 0 Å². The number of nitrogens with zero attached hydrogens (tertiary/aromatic N) is 1. The second-order valence-electron chi connectivity index (χ2n) is 4.97. The number of carbonyl (C=O) groups is 2. The molecule has 0 saturated carbocycles. The van der Waals surface area contributed by atoms with E-state index in [0.717, 1.165) is 5.56 Å². The van der Waals surface area contributed by atoms with E-state index >= 15 is 0 Å². The first-order valence-corrected chi connectivity index (χ1v) is 6.78. The number of Topliss-reactive ketones (excluding diaryl/α,β-unsaturated/α-hetero) is 1. The summed E-state index contributed by atoms with van der Waals surface area (Å²) in [5.74, 6) is 0.364. The molecule has 2 aromatic rings. The molecule has 1 aliphatic rings. The molecule has 0 spiro atoms. The van der Waals surface area contributed by atoms with Gasteiger partial charge in [0.25, 0.3) is 5.91 Å². The molecule has 0 N–H and O–H groups in total. The fraction of sp³-hybridized carbons (Fsp3) is 0.176. The van der Waals surface area contributed by atoms with Crippen molar-refractivity contribution in [1.82, 2.24) is 0 Å². The van der Waals surface area contributed by atoms with E-state index in [-0.39, 0.29) is 24.8 Å². The Morgan fingerprint density at radius 2 is 1.86 bits per heavy atom. The first kappa shape index (κ1) is 13.4. The van der Waals surface area contributed by atoms with Crippen molar-refractivity contribution in [1.29, 1.82) is 0 Å². The van der Waals surface area contributed by atoms with Crippen molar-refractivity contribution in [2.75, 3.05) is 18.1 Å². The Morgan fingerprint density at radius 3 is 2.67 bits per heavy atom. The van der Waals surface area contributed by atoms with Gasteiger partial charge in [-0.15, -0.1) is 0 Å². The van der Waals surface area contributed by atoms with Crippen LogP contribution >= 0.6 is 0 Å². The molecule has 0 fully saturated rings. The number of hydrogen-bond donors (Lipinski definition) is 0. The zero-order valence-electron chi connectivity index (χ0n) is 11.7. The molecular formula is C17H15NO3. The molecule has 21 heavy (non-hydrogen) atoms. The molecule has 0 saturated heterocycles. The van der Waals surface area contributed by atoms with Crippen molar-refractivity contribution in [2.24, 2.45) is 0 Å². The van der Waals surface area contributed by atoms with Crippen LogP contribution in [0.2, 0.25) is 0 Å². The van der Waals surface area contributed by atoms with E-state index in [1.807, 2.05) is 37.3 Å². The molecular weight excluding hydrogens is 266 g/mol. The van der Waals surface area contributed by atoms with Crippen molar-refractivity contribution in [3.8, 4) is 5.75 Å². The van der Waals surface area contributed by atoms with Gasteiger partial charge in [0.1, 0.15) is 5.75 Å². The average molecular weight is 281 g/mol. The van der Waals surface area contributed by atoms with Crippen molar-refractivity contribution in [3.05, 3.63) is 59.7 Å². The Hall–Kier alpha value is -2.62. The summed E-state index contributed by atoms with van der Waals surface area (Å²) in [5.41, 5.74) is 2.21. The van der Waals surface area contributed by atoms with Gasteiger partial charge in [-0.1, -0.05) is 36.4 Å². The number of benzene rings is 2. The summed E-state index contributed by atoms with van der Waals surface area (Å²) in [4.78, 5) is 26.0. The van der Waals surface area contributed by atoms with Crippen molar-refractivity contribution in [3.63, 3.8) is 0 Å². The van der Waals surface area contributed by atoms with E-state index in [1.165, 1.54) is 4.90 Å². The Morgan fingerprint density at radius 1 is 1.14 bits per heavy atom. The number of para-hydroxylation sites is 2. The summed E-state index contributed by atoms with van der Waals surface area (Å²) < 4.78 is 5.37. The maximum atomic E-state index is 12.5. The van der Waals surface area contributed by atoms with Gasteiger partial charge >= 0.3 is 0 Å². The molecule has 0 aromatic heterocycles. The lowest BCUT2D eigenvalue weighted by atomic mass is 10.0. The number of anilines is 1. The molecule has 1 aliphatic heterocycles. The quantitative estimate of drug-likeness (QED) is 0.812. The summed E-state index contributed by atoms with van der Waals surface area (Å²) in [6.07, 6.45) is 0. The smallest absolute Gasteiger partial charge is 0.265 e. The topological polar surface area (TPSA) is 46.6 Å². The minimum atomic E-state index is -0.198. The highest BCUT2D eigenvalue weighted by Crippen LogP contribution is 2.31. The number of ether oxygens (including phenoxy) is 1. The van der Waals surface area contributed by atoms with Crippen LogP contribution in [0.25, 0.3) is 0 Å². The molecule has 0 bridgehead atoms. The summed E-state index contributed by atoms with van der Waals surface area (Å²) in [6, 6.07) is 14.7. The summed E-state index contributed by atoms with van der Waals surface area (Å²) in [7, 11) is 0. The van der Waals surface area contributed by atoms with Gasteiger partial charge in [-0.05, 0) is 24.6 Å². The number of amides is 1. The Labute approximate surface area is 123 Å². The minimum Gasteiger partial charge on any atom is -0.482 e. The van der Waals surface area contributed by atoms with Gasteiger partial charge in [-0.2, -0.15) is 0 Å². The number of aryl methyl sites for hydroxylation is 1. The third-order valence-electron chi connectivity index (χ3n) is 3.56. The molecule has 0 unspecified atom stereocenters. The van der Waals surface area contributed by atoms with E-state index in [0.29, 0.717) is 17.0 Å². The van der Waals surface area contributed by atoms with Crippen LogP contribution in [0.5, 0.6) is 5.75 Å². The first-order chi connectivity index (χ1) is 10.2. The van der Waals surface area contributed by atoms with Crippen LogP contribution in [0.4, 0.5) is 5.69 Å². The average Bonchev–Trinajstić information content (AvgIpc) is 2.50. The molecule has 1 amide bonds. The van der Waals surface area contributed by atoms with E-state index in [2.05, 4.69) is 0 Å². The fourth-order valence-corrected chi connectivity index (χ4v) is 2.44. The van der Waals surface area contributed by atoms with Crippen LogP contribution in [-0.2, 0) is 4.79 Å². The van der Waals surface area contributed by atoms with Crippen LogP contribution in [-0.4, -0.2) is 24.8 Å². The molecule has 0 atom stereocenters. The van der Waals surface area contributed by atoms with Gasteiger partial charge in [0, 0.05) is 5.56 Å². The number of fused-ring (bicyclic) bond motifs is 1. The Kier molecular flexibility index (Phi) is 3.44. The molecule has 4 nitrogen and oxygen atoms in total. The normalized spacial score (nSPS) is 13.6. The monoisotopic (exact) mass is 281 g/mol. The summed E-state index contributed by atoms with van der Waals surface area (Å²) >= 11 is 0. The molecule has 4 heteroatoms. The maximum absolute atomic E-state index is 12.5. The number of carbonyl (C=O) groups excluding carboxylic acids is 2. The van der Waals surface area contributed by atoms with Crippen LogP contribution in [0, 0.1) is 6.92 Å². The highest BCUT2D eigenvalue weighted by molar-refractivity contribution is 6.07. The third kappa shape index (κ3) is 2.52. The second kappa shape index (κ2) is 5.40. The summed E-state index contributed by atoms with van der Waals surface area (Å²) in [5, 5.41) is 0. The zero-order valence-corrected chi connectivity index (χ0v) is 11.7. The van der Waals surface area contributed by atoms with E-state index < -0.39 is 0 Å². The zero-order chi connectivity index (χ0) is 14.8. The SMILES string of the molecule is Cc1ccccc1C(=O)CN1C(=O)COc2ccccc21. The van der Waals surface area contributed by atoms with Crippen LogP contribution in [0.3, 0.4) is 0 Å². The lowest BCUT2D eigenvalue weighted by molar-refractivity contribution is -0.121. The molecule has 0 radical (unpaired) electrons. The van der Waals surface area contributed by atoms with E-state index in [1.54, 1.807) is 18.2 Å². The van der Waals surface area contributed by atoms with Gasteiger partial charge in [-0.3, -0.25) is 14.5 Å². The van der Waals surface area contributed by atoms with Crippen LogP contribution in [0.15, 0.2) is 48.5 Å². The summed E-state index contributed by atoms with van der Waals surface area (Å²) in [6.45, 7) is 1.89. The molecule has 3 rings (SSSR count). The number of ketones is 1. The van der Waals surface area contributed by atoms with Crippen molar-refractivity contribution >= 4 is 17.4 Å². The minimum absolute atomic E-state index is 0.0297. The van der Waals surface area contributed by atoms with Crippen LogP contribution in [0.1, 0.15) is 15.9 Å². The van der Waals surface area contributed by atoms with Crippen LogP contribution < -0.4 is 9.64 Å². The van der Waals surface area contributed by atoms with Gasteiger partial charge in [-0.25, -0.2) is 0 Å². The third-order valence-corrected chi connectivity index (χ3v) is 3.56. The molecule has 1 heterocycles.